The van der Waals surface area contributed by atoms with Crippen molar-refractivity contribution >= 4 is 23.1 Å². The summed E-state index contributed by atoms with van der Waals surface area (Å²) >= 11 is 1.54. The normalized spacial score (nSPS) is 10.6. The van der Waals surface area contributed by atoms with Crippen LogP contribution < -0.4 is 5.32 Å². The van der Waals surface area contributed by atoms with Crippen LogP contribution in [0.2, 0.25) is 0 Å². The van der Waals surface area contributed by atoms with Gasteiger partial charge in [0.1, 0.15) is 5.82 Å². The highest BCUT2D eigenvalue weighted by atomic mass is 32.1. The highest BCUT2D eigenvalue weighted by Gasteiger charge is 2.13. The third-order valence-corrected chi connectivity index (χ3v) is 4.05. The number of hydrogen-bond acceptors (Lipinski definition) is 3. The minimum atomic E-state index is -0.0678. The van der Waals surface area contributed by atoms with Gasteiger partial charge in [-0.3, -0.25) is 9.89 Å². The summed E-state index contributed by atoms with van der Waals surface area (Å²) < 4.78 is 0. The molecular weight excluding hydrogens is 246 g/mol. The lowest BCUT2D eigenvalue weighted by Crippen LogP contribution is -2.11. The Morgan fingerprint density at radius 2 is 2.11 bits per heavy atom. The van der Waals surface area contributed by atoms with E-state index < -0.39 is 0 Å². The summed E-state index contributed by atoms with van der Waals surface area (Å²) in [4.78, 5) is 14.1. The van der Waals surface area contributed by atoms with Crippen molar-refractivity contribution in [3.05, 3.63) is 33.1 Å². The predicted molar refractivity (Wildman–Crippen MR) is 74.4 cm³/mol. The van der Waals surface area contributed by atoms with Crippen LogP contribution in [0, 0.1) is 6.92 Å². The second kappa shape index (κ2) is 5.35. The number of carbonyl (C=O) groups is 1. The van der Waals surface area contributed by atoms with Gasteiger partial charge in [-0.1, -0.05) is 13.8 Å². The zero-order valence-corrected chi connectivity index (χ0v) is 11.6. The molecule has 5 heteroatoms. The average Bonchev–Trinajstić information content (AvgIpc) is 2.95. The third-order valence-electron chi connectivity index (χ3n) is 2.96. The van der Waals surface area contributed by atoms with Gasteiger partial charge in [-0.15, -0.1) is 11.3 Å². The van der Waals surface area contributed by atoms with Crippen LogP contribution >= 0.6 is 11.3 Å². The number of nitrogens with one attached hydrogen (secondary N) is 2. The molecule has 0 aliphatic heterocycles. The Balaban J connectivity index is 2.16. The van der Waals surface area contributed by atoms with Crippen LogP contribution in [-0.2, 0) is 12.8 Å². The summed E-state index contributed by atoms with van der Waals surface area (Å²) in [7, 11) is 0. The number of amides is 1. The number of H-pyrrole nitrogens is 1. The summed E-state index contributed by atoms with van der Waals surface area (Å²) in [5.74, 6) is 0.633. The van der Waals surface area contributed by atoms with Crippen LogP contribution in [0.25, 0.3) is 0 Å². The van der Waals surface area contributed by atoms with E-state index in [1.165, 1.54) is 21.8 Å². The van der Waals surface area contributed by atoms with E-state index in [2.05, 4.69) is 22.4 Å². The van der Waals surface area contributed by atoms with Gasteiger partial charge in [-0.25, -0.2) is 0 Å². The fraction of sp³-hybridized carbons (Fsp3) is 0.385. The summed E-state index contributed by atoms with van der Waals surface area (Å²) in [6.07, 6.45) is 3.54. The molecule has 0 bridgehead atoms. The van der Waals surface area contributed by atoms with Gasteiger partial charge < -0.3 is 5.32 Å². The fourth-order valence-electron chi connectivity index (χ4n) is 1.85. The van der Waals surface area contributed by atoms with Gasteiger partial charge in [-0.2, -0.15) is 5.10 Å². The minimum Gasteiger partial charge on any atom is -0.306 e. The van der Waals surface area contributed by atoms with Crippen LogP contribution in [-0.4, -0.2) is 16.1 Å². The lowest BCUT2D eigenvalue weighted by Gasteiger charge is -2.02. The molecule has 0 aliphatic carbocycles. The number of thiophene rings is 1. The zero-order chi connectivity index (χ0) is 13.1. The molecule has 0 radical (unpaired) electrons. The van der Waals surface area contributed by atoms with Gasteiger partial charge in [0.05, 0.1) is 11.1 Å². The van der Waals surface area contributed by atoms with Crippen molar-refractivity contribution in [2.45, 2.75) is 33.6 Å². The van der Waals surface area contributed by atoms with Crippen molar-refractivity contribution in [2.75, 3.05) is 5.32 Å². The number of hydrogen-bond donors (Lipinski definition) is 2. The zero-order valence-electron chi connectivity index (χ0n) is 10.8. The average molecular weight is 263 g/mol. The Morgan fingerprint density at radius 3 is 2.72 bits per heavy atom. The quantitative estimate of drug-likeness (QED) is 0.890. The first-order valence-electron chi connectivity index (χ1n) is 6.08. The fourth-order valence-corrected chi connectivity index (χ4v) is 2.85. The van der Waals surface area contributed by atoms with E-state index >= 15 is 0 Å². The van der Waals surface area contributed by atoms with E-state index in [1.807, 2.05) is 19.9 Å². The lowest BCUT2D eigenvalue weighted by molar-refractivity contribution is 0.103. The van der Waals surface area contributed by atoms with Gasteiger partial charge >= 0.3 is 0 Å². The third kappa shape index (κ3) is 2.46. The van der Waals surface area contributed by atoms with Crippen molar-refractivity contribution in [3.63, 3.8) is 0 Å². The van der Waals surface area contributed by atoms with Gasteiger partial charge in [-0.05, 0) is 31.4 Å². The second-order valence-corrected chi connectivity index (χ2v) is 5.38. The van der Waals surface area contributed by atoms with E-state index in [-0.39, 0.29) is 5.91 Å². The molecule has 2 N–H and O–H groups in total. The molecule has 4 nitrogen and oxygen atoms in total. The SMILES string of the molecule is CCc1cn[nH]c1NC(=O)c1cc(CC)c(C)s1. The second-order valence-electron chi connectivity index (χ2n) is 4.12. The molecule has 2 heterocycles. The molecule has 0 saturated heterocycles. The minimum absolute atomic E-state index is 0.0678. The van der Waals surface area contributed by atoms with E-state index in [0.29, 0.717) is 5.82 Å². The standard InChI is InChI=1S/C13H17N3OS/c1-4-9-6-11(18-8(9)3)13(17)15-12-10(5-2)7-14-16-12/h6-7H,4-5H2,1-3H3,(H2,14,15,16,17). The van der Waals surface area contributed by atoms with Crippen LogP contribution in [0.15, 0.2) is 12.3 Å². The molecule has 0 spiro atoms. The first-order valence-corrected chi connectivity index (χ1v) is 6.90. The molecule has 0 atom stereocenters. The Bertz CT molecular complexity index is 556. The van der Waals surface area contributed by atoms with Crippen molar-refractivity contribution in [1.82, 2.24) is 10.2 Å². The van der Waals surface area contributed by atoms with Crippen LogP contribution in [0.5, 0.6) is 0 Å². The van der Waals surface area contributed by atoms with Crippen LogP contribution in [0.4, 0.5) is 5.82 Å². The highest BCUT2D eigenvalue weighted by molar-refractivity contribution is 7.14. The Labute approximate surface area is 110 Å². The van der Waals surface area contributed by atoms with Gasteiger partial charge in [0.2, 0.25) is 0 Å². The maximum atomic E-state index is 12.1. The molecule has 0 fully saturated rings. The number of aromatic nitrogens is 2. The van der Waals surface area contributed by atoms with Crippen molar-refractivity contribution in [2.24, 2.45) is 0 Å². The Hall–Kier alpha value is -1.62. The summed E-state index contributed by atoms with van der Waals surface area (Å²) in [6, 6.07) is 1.97. The largest absolute Gasteiger partial charge is 0.306 e. The van der Waals surface area contributed by atoms with Crippen LogP contribution in [0.1, 0.15) is 39.5 Å². The van der Waals surface area contributed by atoms with Crippen molar-refractivity contribution in [3.8, 4) is 0 Å². The number of aryl methyl sites for hydroxylation is 3. The topological polar surface area (TPSA) is 57.8 Å². The number of nitrogens with zero attached hydrogens (tertiary/aromatic N) is 1. The molecule has 0 saturated carbocycles. The molecule has 0 unspecified atom stereocenters. The Kier molecular flexibility index (Phi) is 3.81. The first kappa shape index (κ1) is 12.8. The molecule has 2 aromatic heterocycles. The van der Waals surface area contributed by atoms with E-state index in [0.717, 1.165) is 23.3 Å². The van der Waals surface area contributed by atoms with Crippen molar-refractivity contribution in [1.29, 1.82) is 0 Å². The molecule has 0 aliphatic rings. The summed E-state index contributed by atoms with van der Waals surface area (Å²) in [6.45, 7) is 6.18. The van der Waals surface area contributed by atoms with Gasteiger partial charge in [0, 0.05) is 10.4 Å². The van der Waals surface area contributed by atoms with Gasteiger partial charge in [0.15, 0.2) is 0 Å². The van der Waals surface area contributed by atoms with Gasteiger partial charge in [0.25, 0.3) is 5.91 Å². The molecule has 1 amide bonds. The molecule has 0 aromatic carbocycles. The number of carbonyl (C=O) groups excluding carboxylic acids is 1. The van der Waals surface area contributed by atoms with E-state index in [4.69, 9.17) is 0 Å². The maximum absolute atomic E-state index is 12.1. The smallest absolute Gasteiger partial charge is 0.266 e. The maximum Gasteiger partial charge on any atom is 0.266 e. The summed E-state index contributed by atoms with van der Waals surface area (Å²) in [5.41, 5.74) is 2.26. The highest BCUT2D eigenvalue weighted by Crippen LogP contribution is 2.23. The molecule has 96 valence electrons. The molecule has 2 rings (SSSR count). The Morgan fingerprint density at radius 1 is 1.39 bits per heavy atom. The van der Waals surface area contributed by atoms with E-state index in [9.17, 15) is 4.79 Å². The summed E-state index contributed by atoms with van der Waals surface area (Å²) in [5, 5.41) is 9.63. The molecule has 2 aromatic rings. The lowest BCUT2D eigenvalue weighted by atomic mass is 10.2. The van der Waals surface area contributed by atoms with Crippen molar-refractivity contribution < 1.29 is 4.79 Å². The monoisotopic (exact) mass is 263 g/mol. The molecule has 18 heavy (non-hydrogen) atoms. The van der Waals surface area contributed by atoms with Crippen LogP contribution in [0.3, 0.4) is 0 Å². The van der Waals surface area contributed by atoms with E-state index in [1.54, 1.807) is 6.20 Å². The number of anilines is 1. The number of rotatable bonds is 4. The first-order chi connectivity index (χ1) is 8.65. The molecular formula is C13H17N3OS. The predicted octanol–water partition coefficient (Wildman–Crippen LogP) is 3.16. The number of aromatic amines is 1.